The summed E-state index contributed by atoms with van der Waals surface area (Å²) in [5.41, 5.74) is 1.54. The molecule has 1 aliphatic heterocycles. The molecule has 0 aliphatic carbocycles. The molecular weight excluding hydrogens is 246 g/mol. The number of rotatable bonds is 5. The second-order valence-corrected chi connectivity index (χ2v) is 4.34. The van der Waals surface area contributed by atoms with Gasteiger partial charge in [0.15, 0.2) is 5.78 Å². The van der Waals surface area contributed by atoms with Crippen molar-refractivity contribution in [1.29, 1.82) is 0 Å². The summed E-state index contributed by atoms with van der Waals surface area (Å²) >= 11 is 0. The number of amides is 1. The van der Waals surface area contributed by atoms with E-state index < -0.39 is 5.97 Å². The highest BCUT2D eigenvalue weighted by atomic mass is 16.5. The lowest BCUT2D eigenvalue weighted by atomic mass is 10.1. The molecule has 0 saturated heterocycles. The molecular formula is C14H15NO4. The van der Waals surface area contributed by atoms with Gasteiger partial charge in [0, 0.05) is 12.1 Å². The summed E-state index contributed by atoms with van der Waals surface area (Å²) in [5, 5.41) is 0. The van der Waals surface area contributed by atoms with Gasteiger partial charge in [0.05, 0.1) is 13.2 Å². The Morgan fingerprint density at radius 3 is 2.74 bits per heavy atom. The number of hydrogen-bond donors (Lipinski definition) is 0. The first-order chi connectivity index (χ1) is 9.11. The Morgan fingerprint density at radius 2 is 2.05 bits per heavy atom. The quantitative estimate of drug-likeness (QED) is 0.589. The van der Waals surface area contributed by atoms with Crippen LogP contribution in [0.1, 0.15) is 29.3 Å². The molecule has 100 valence electrons. The number of hydrogen-bond acceptors (Lipinski definition) is 4. The Morgan fingerprint density at radius 1 is 1.32 bits per heavy atom. The first kappa shape index (κ1) is 13.3. The zero-order chi connectivity index (χ0) is 13.8. The predicted molar refractivity (Wildman–Crippen MR) is 67.4 cm³/mol. The highest BCUT2D eigenvalue weighted by molar-refractivity contribution is 6.02. The number of Topliss-reactive ketones (excluding diaryl/α,β-unsaturated/α-hetero) is 1. The number of benzene rings is 1. The van der Waals surface area contributed by atoms with Crippen LogP contribution in [0.3, 0.4) is 0 Å². The monoisotopic (exact) mass is 261 g/mol. The molecule has 1 amide bonds. The lowest BCUT2D eigenvalue weighted by Crippen LogP contribution is -2.31. The molecule has 0 spiro atoms. The first-order valence-electron chi connectivity index (χ1n) is 6.16. The van der Waals surface area contributed by atoms with Gasteiger partial charge in [-0.25, -0.2) is 0 Å². The van der Waals surface area contributed by atoms with Crippen LogP contribution in [0.4, 0.5) is 0 Å². The zero-order valence-electron chi connectivity index (χ0n) is 10.7. The number of nitrogens with zero attached hydrogens (tertiary/aromatic N) is 1. The van der Waals surface area contributed by atoms with E-state index in [0.717, 1.165) is 5.56 Å². The second-order valence-electron chi connectivity index (χ2n) is 4.34. The molecule has 0 radical (unpaired) electrons. The summed E-state index contributed by atoms with van der Waals surface area (Å²) in [5.74, 6) is -1.01. The van der Waals surface area contributed by atoms with E-state index in [0.29, 0.717) is 12.1 Å². The first-order valence-corrected chi connectivity index (χ1v) is 6.16. The average molecular weight is 261 g/mol. The topological polar surface area (TPSA) is 63.7 Å². The molecule has 2 rings (SSSR count). The summed E-state index contributed by atoms with van der Waals surface area (Å²) in [6.07, 6.45) is -0.284. The van der Waals surface area contributed by atoms with Gasteiger partial charge in [-0.05, 0) is 18.6 Å². The fourth-order valence-electron chi connectivity index (χ4n) is 2.08. The van der Waals surface area contributed by atoms with Crippen molar-refractivity contribution in [2.45, 2.75) is 19.9 Å². The zero-order valence-corrected chi connectivity index (χ0v) is 10.7. The lowest BCUT2D eigenvalue weighted by molar-refractivity contribution is -0.145. The molecule has 1 aliphatic rings. The maximum Gasteiger partial charge on any atom is 0.313 e. The third-order valence-corrected chi connectivity index (χ3v) is 2.91. The minimum Gasteiger partial charge on any atom is -0.466 e. The molecule has 0 fully saturated rings. The van der Waals surface area contributed by atoms with E-state index in [9.17, 15) is 14.4 Å². The Kier molecular flexibility index (Phi) is 3.94. The van der Waals surface area contributed by atoms with E-state index in [2.05, 4.69) is 0 Å². The van der Waals surface area contributed by atoms with Crippen molar-refractivity contribution in [2.24, 2.45) is 0 Å². The van der Waals surface area contributed by atoms with Crippen molar-refractivity contribution >= 4 is 17.7 Å². The predicted octanol–water partition coefficient (Wildman–Crippen LogP) is 1.16. The molecule has 5 heteroatoms. The van der Waals surface area contributed by atoms with E-state index in [4.69, 9.17) is 4.74 Å². The smallest absolute Gasteiger partial charge is 0.313 e. The van der Waals surface area contributed by atoms with Gasteiger partial charge in [-0.15, -0.1) is 0 Å². The molecule has 0 saturated carbocycles. The number of fused-ring (bicyclic) bond motifs is 1. The summed E-state index contributed by atoms with van der Waals surface area (Å²) < 4.78 is 4.70. The Bertz CT molecular complexity index is 524. The van der Waals surface area contributed by atoms with Gasteiger partial charge in [0.1, 0.15) is 6.42 Å². The van der Waals surface area contributed by atoms with Crippen molar-refractivity contribution in [2.75, 3.05) is 13.2 Å². The van der Waals surface area contributed by atoms with Gasteiger partial charge in [-0.3, -0.25) is 14.4 Å². The number of carbonyl (C=O) groups is 3. The molecule has 0 unspecified atom stereocenters. The second kappa shape index (κ2) is 5.65. The molecule has 19 heavy (non-hydrogen) atoms. The highest BCUT2D eigenvalue weighted by Crippen LogP contribution is 2.21. The summed E-state index contributed by atoms with van der Waals surface area (Å²) in [4.78, 5) is 36.3. The molecule has 1 aromatic carbocycles. The van der Waals surface area contributed by atoms with Crippen LogP contribution in [0.15, 0.2) is 24.3 Å². The SMILES string of the molecule is CCOC(=O)CC(=O)CN1Cc2ccccc2C1=O. The van der Waals surface area contributed by atoms with Crippen LogP contribution in [0.2, 0.25) is 0 Å². The molecule has 0 atom stereocenters. The Hall–Kier alpha value is -2.17. The van der Waals surface area contributed by atoms with Crippen LogP contribution in [-0.4, -0.2) is 35.7 Å². The fourth-order valence-corrected chi connectivity index (χ4v) is 2.08. The van der Waals surface area contributed by atoms with Crippen LogP contribution in [0.5, 0.6) is 0 Å². The molecule has 1 heterocycles. The Labute approximate surface area is 111 Å². The minimum atomic E-state index is -0.545. The third kappa shape index (κ3) is 2.99. The Balaban J connectivity index is 1.94. The van der Waals surface area contributed by atoms with E-state index in [1.54, 1.807) is 19.1 Å². The standard InChI is InChI=1S/C14H15NO4/c1-2-19-13(17)7-11(16)9-15-8-10-5-3-4-6-12(10)14(15)18/h3-6H,2,7-9H2,1H3. The molecule has 0 N–H and O–H groups in total. The maximum absolute atomic E-state index is 12.0. The van der Waals surface area contributed by atoms with Gasteiger partial charge < -0.3 is 9.64 Å². The van der Waals surface area contributed by atoms with Crippen molar-refractivity contribution < 1.29 is 19.1 Å². The number of ether oxygens (including phenoxy) is 1. The van der Waals surface area contributed by atoms with Crippen molar-refractivity contribution in [3.8, 4) is 0 Å². The summed E-state index contributed by atoms with van der Waals surface area (Å²) in [6, 6.07) is 7.26. The molecule has 0 bridgehead atoms. The maximum atomic E-state index is 12.0. The highest BCUT2D eigenvalue weighted by Gasteiger charge is 2.28. The van der Waals surface area contributed by atoms with Gasteiger partial charge in [-0.2, -0.15) is 0 Å². The van der Waals surface area contributed by atoms with Crippen LogP contribution >= 0.6 is 0 Å². The van der Waals surface area contributed by atoms with E-state index in [1.807, 2.05) is 12.1 Å². The normalized spacial score (nSPS) is 13.3. The summed E-state index contributed by atoms with van der Waals surface area (Å²) in [6.45, 7) is 2.30. The third-order valence-electron chi connectivity index (χ3n) is 2.91. The van der Waals surface area contributed by atoms with Gasteiger partial charge >= 0.3 is 5.97 Å². The van der Waals surface area contributed by atoms with Crippen molar-refractivity contribution in [3.05, 3.63) is 35.4 Å². The van der Waals surface area contributed by atoms with Crippen LogP contribution in [-0.2, 0) is 20.9 Å². The van der Waals surface area contributed by atoms with Gasteiger partial charge in [0.2, 0.25) is 0 Å². The van der Waals surface area contributed by atoms with E-state index in [-0.39, 0.29) is 31.3 Å². The number of carbonyl (C=O) groups excluding carboxylic acids is 3. The van der Waals surface area contributed by atoms with E-state index in [1.165, 1.54) is 4.90 Å². The van der Waals surface area contributed by atoms with Crippen LogP contribution < -0.4 is 0 Å². The van der Waals surface area contributed by atoms with Crippen molar-refractivity contribution in [3.63, 3.8) is 0 Å². The summed E-state index contributed by atoms with van der Waals surface area (Å²) in [7, 11) is 0. The van der Waals surface area contributed by atoms with Gasteiger partial charge in [0.25, 0.3) is 5.91 Å². The van der Waals surface area contributed by atoms with Crippen molar-refractivity contribution in [1.82, 2.24) is 4.90 Å². The van der Waals surface area contributed by atoms with E-state index >= 15 is 0 Å². The molecule has 5 nitrogen and oxygen atoms in total. The van der Waals surface area contributed by atoms with Crippen LogP contribution in [0, 0.1) is 0 Å². The number of ketones is 1. The fraction of sp³-hybridized carbons (Fsp3) is 0.357. The average Bonchev–Trinajstić information content (AvgIpc) is 2.67. The van der Waals surface area contributed by atoms with Crippen LogP contribution in [0.25, 0.3) is 0 Å². The lowest BCUT2D eigenvalue weighted by Gasteiger charge is -2.14. The molecule has 0 aromatic heterocycles. The minimum absolute atomic E-state index is 0.0493. The molecule has 1 aromatic rings. The largest absolute Gasteiger partial charge is 0.466 e. The van der Waals surface area contributed by atoms with Gasteiger partial charge in [-0.1, -0.05) is 18.2 Å². The number of esters is 1.